The van der Waals surface area contributed by atoms with Crippen LogP contribution in [-0.2, 0) is 14.3 Å². The molecule has 33 heavy (non-hydrogen) atoms. The molecule has 2 aliphatic heterocycles. The van der Waals surface area contributed by atoms with Gasteiger partial charge in [-0.1, -0.05) is 19.1 Å². The minimum absolute atomic E-state index is 0.0315. The van der Waals surface area contributed by atoms with Gasteiger partial charge in [0.25, 0.3) is 11.7 Å². The molecule has 2 aliphatic rings. The number of likely N-dealkylation sites (tertiary alicyclic amines) is 1. The number of aryl methyl sites for hydroxylation is 1. The summed E-state index contributed by atoms with van der Waals surface area (Å²) in [6.45, 7) is 8.15. The van der Waals surface area contributed by atoms with Crippen LogP contribution in [0.5, 0.6) is 5.75 Å². The minimum atomic E-state index is -0.792. The van der Waals surface area contributed by atoms with Crippen LogP contribution < -0.4 is 4.74 Å². The summed E-state index contributed by atoms with van der Waals surface area (Å²) in [5, 5.41) is 11.2. The molecule has 1 amide bonds. The Balaban J connectivity index is 1.69. The van der Waals surface area contributed by atoms with E-state index in [0.717, 1.165) is 19.5 Å². The van der Waals surface area contributed by atoms with Gasteiger partial charge < -0.3 is 23.9 Å². The van der Waals surface area contributed by atoms with E-state index in [0.29, 0.717) is 55.7 Å². The van der Waals surface area contributed by atoms with E-state index in [4.69, 9.17) is 13.9 Å². The lowest BCUT2D eigenvalue weighted by atomic mass is 9.99. The second-order valence-corrected chi connectivity index (χ2v) is 8.27. The van der Waals surface area contributed by atoms with Crippen molar-refractivity contribution in [1.29, 1.82) is 0 Å². The zero-order chi connectivity index (χ0) is 23.4. The molecular weight excluding hydrogens is 424 g/mol. The van der Waals surface area contributed by atoms with Crippen molar-refractivity contribution in [3.63, 3.8) is 0 Å². The van der Waals surface area contributed by atoms with E-state index in [1.165, 1.54) is 4.90 Å². The van der Waals surface area contributed by atoms with Gasteiger partial charge in [0, 0.05) is 31.7 Å². The maximum Gasteiger partial charge on any atom is 0.295 e. The summed E-state index contributed by atoms with van der Waals surface area (Å²) in [6, 6.07) is 9.66. The largest absolute Gasteiger partial charge is 0.507 e. The van der Waals surface area contributed by atoms with Gasteiger partial charge in [-0.25, -0.2) is 0 Å². The Kier molecular flexibility index (Phi) is 7.15. The number of Topliss-reactive ketones (excluding diaryl/α,β-unsaturated/α-hetero) is 1. The lowest BCUT2D eigenvalue weighted by molar-refractivity contribution is -0.140. The molecule has 8 nitrogen and oxygen atoms in total. The second kappa shape index (κ2) is 10.2. The number of hydrogen-bond donors (Lipinski definition) is 1. The van der Waals surface area contributed by atoms with Crippen LogP contribution in [0.1, 0.15) is 36.5 Å². The van der Waals surface area contributed by atoms with Crippen LogP contribution in [0.25, 0.3) is 5.76 Å². The van der Waals surface area contributed by atoms with E-state index in [2.05, 4.69) is 4.90 Å². The maximum absolute atomic E-state index is 13.1. The number of furan rings is 1. The van der Waals surface area contributed by atoms with E-state index in [-0.39, 0.29) is 11.3 Å². The standard InChI is InChI=1S/C25H30N2O6/c1-3-13-32-19-6-4-5-18(16-19)23(28)21-22(20-8-7-17(2)33-20)27(25(30)24(21)29)10-9-26-11-14-31-15-12-26/h4-8,16,22,28H,3,9-15H2,1-2H3/b23-21+. The Bertz CT molecular complexity index is 1040. The molecule has 1 N–H and O–H groups in total. The van der Waals surface area contributed by atoms with Gasteiger partial charge in [-0.05, 0) is 37.6 Å². The van der Waals surface area contributed by atoms with Gasteiger partial charge in [0.05, 0.1) is 25.4 Å². The van der Waals surface area contributed by atoms with Crippen LogP contribution in [0.4, 0.5) is 0 Å². The molecule has 1 atom stereocenters. The smallest absolute Gasteiger partial charge is 0.295 e. The minimum Gasteiger partial charge on any atom is -0.507 e. The fourth-order valence-corrected chi connectivity index (χ4v) is 4.19. The Labute approximate surface area is 193 Å². The number of hydrogen-bond acceptors (Lipinski definition) is 7. The first kappa shape index (κ1) is 23.1. The predicted octanol–water partition coefficient (Wildman–Crippen LogP) is 3.13. The highest BCUT2D eigenvalue weighted by molar-refractivity contribution is 6.46. The fourth-order valence-electron chi connectivity index (χ4n) is 4.19. The zero-order valence-corrected chi connectivity index (χ0v) is 19.1. The van der Waals surface area contributed by atoms with Crippen molar-refractivity contribution in [2.24, 2.45) is 0 Å². The number of carbonyl (C=O) groups excluding carboxylic acids is 2. The quantitative estimate of drug-likeness (QED) is 0.372. The van der Waals surface area contributed by atoms with E-state index in [1.807, 2.05) is 6.92 Å². The van der Waals surface area contributed by atoms with E-state index >= 15 is 0 Å². The highest BCUT2D eigenvalue weighted by Gasteiger charge is 2.47. The first-order valence-electron chi connectivity index (χ1n) is 11.4. The van der Waals surface area contributed by atoms with Crippen molar-refractivity contribution in [1.82, 2.24) is 9.80 Å². The highest BCUT2D eigenvalue weighted by atomic mass is 16.5. The number of ether oxygens (including phenoxy) is 2. The molecule has 176 valence electrons. The summed E-state index contributed by atoms with van der Waals surface area (Å²) in [6.07, 6.45) is 0.850. The van der Waals surface area contributed by atoms with Crippen LogP contribution in [-0.4, -0.2) is 72.6 Å². The topological polar surface area (TPSA) is 92.5 Å². The third-order valence-electron chi connectivity index (χ3n) is 5.91. The lowest BCUT2D eigenvalue weighted by Gasteiger charge is -2.30. The molecule has 0 spiro atoms. The average molecular weight is 455 g/mol. The van der Waals surface area contributed by atoms with Crippen molar-refractivity contribution >= 4 is 17.4 Å². The van der Waals surface area contributed by atoms with Crippen molar-refractivity contribution in [2.45, 2.75) is 26.3 Å². The molecule has 2 fully saturated rings. The van der Waals surface area contributed by atoms with Gasteiger partial charge >= 0.3 is 0 Å². The summed E-state index contributed by atoms with van der Waals surface area (Å²) in [5.41, 5.74) is 0.451. The van der Waals surface area contributed by atoms with Gasteiger partial charge in [0.15, 0.2) is 0 Å². The number of benzene rings is 1. The number of nitrogens with zero attached hydrogens (tertiary/aromatic N) is 2. The summed E-state index contributed by atoms with van der Waals surface area (Å²) >= 11 is 0. The van der Waals surface area contributed by atoms with Crippen LogP contribution >= 0.6 is 0 Å². The maximum atomic E-state index is 13.1. The van der Waals surface area contributed by atoms with E-state index in [1.54, 1.807) is 43.3 Å². The molecule has 2 aromatic rings. The van der Waals surface area contributed by atoms with Crippen LogP contribution in [0, 0.1) is 6.92 Å². The van der Waals surface area contributed by atoms with Gasteiger partial charge in [0.1, 0.15) is 29.1 Å². The SMILES string of the molecule is CCCOc1cccc(/C(O)=C2\C(=O)C(=O)N(CCN3CCOCC3)C2c2ccc(C)o2)c1. The molecular formula is C25H30N2O6. The first-order chi connectivity index (χ1) is 16.0. The van der Waals surface area contributed by atoms with Crippen molar-refractivity contribution in [2.75, 3.05) is 46.0 Å². The van der Waals surface area contributed by atoms with E-state index < -0.39 is 17.7 Å². The highest BCUT2D eigenvalue weighted by Crippen LogP contribution is 2.40. The Hall–Kier alpha value is -3.10. The number of carbonyl (C=O) groups is 2. The first-order valence-corrected chi connectivity index (χ1v) is 11.4. The summed E-state index contributed by atoms with van der Waals surface area (Å²) in [7, 11) is 0. The summed E-state index contributed by atoms with van der Waals surface area (Å²) in [5.74, 6) is 0.124. The Morgan fingerprint density at radius 3 is 2.64 bits per heavy atom. The number of aliphatic hydroxyl groups is 1. The van der Waals surface area contributed by atoms with Crippen molar-refractivity contribution in [3.05, 3.63) is 59.1 Å². The molecule has 1 aromatic heterocycles. The van der Waals surface area contributed by atoms with Gasteiger partial charge in [-0.2, -0.15) is 0 Å². The van der Waals surface area contributed by atoms with Crippen LogP contribution in [0.2, 0.25) is 0 Å². The number of rotatable bonds is 8. The number of morpholine rings is 1. The Morgan fingerprint density at radius 2 is 1.94 bits per heavy atom. The third kappa shape index (κ3) is 4.96. The normalized spacial score (nSPS) is 21.0. The van der Waals surface area contributed by atoms with Crippen LogP contribution in [0.15, 0.2) is 46.4 Å². The molecule has 0 aliphatic carbocycles. The lowest BCUT2D eigenvalue weighted by Crippen LogP contribution is -2.42. The van der Waals surface area contributed by atoms with Gasteiger partial charge in [-0.3, -0.25) is 14.5 Å². The number of ketones is 1. The molecule has 1 unspecified atom stereocenters. The molecule has 0 radical (unpaired) electrons. The molecule has 3 heterocycles. The molecule has 2 saturated heterocycles. The van der Waals surface area contributed by atoms with E-state index in [9.17, 15) is 14.7 Å². The van der Waals surface area contributed by atoms with Gasteiger partial charge in [-0.15, -0.1) is 0 Å². The van der Waals surface area contributed by atoms with Gasteiger partial charge in [0.2, 0.25) is 0 Å². The average Bonchev–Trinajstić information content (AvgIpc) is 3.37. The van der Waals surface area contributed by atoms with Crippen molar-refractivity contribution < 1.29 is 28.6 Å². The summed E-state index contributed by atoms with van der Waals surface area (Å²) in [4.78, 5) is 29.9. The molecule has 0 bridgehead atoms. The van der Waals surface area contributed by atoms with Crippen LogP contribution in [0.3, 0.4) is 0 Å². The third-order valence-corrected chi connectivity index (χ3v) is 5.91. The molecule has 1 aromatic carbocycles. The second-order valence-electron chi connectivity index (χ2n) is 8.27. The number of amides is 1. The molecule has 4 rings (SSSR count). The number of aliphatic hydroxyl groups excluding tert-OH is 1. The molecule has 8 heteroatoms. The molecule has 0 saturated carbocycles. The zero-order valence-electron chi connectivity index (χ0n) is 19.1. The monoisotopic (exact) mass is 454 g/mol. The fraction of sp³-hybridized carbons (Fsp3) is 0.440. The predicted molar refractivity (Wildman–Crippen MR) is 122 cm³/mol. The Morgan fingerprint density at radius 1 is 1.15 bits per heavy atom. The van der Waals surface area contributed by atoms with Crippen molar-refractivity contribution in [3.8, 4) is 5.75 Å². The summed E-state index contributed by atoms with van der Waals surface area (Å²) < 4.78 is 16.9.